The van der Waals surface area contributed by atoms with E-state index in [0.717, 1.165) is 38.0 Å². The Morgan fingerprint density at radius 1 is 1.24 bits per heavy atom. The molecule has 1 atom stereocenters. The van der Waals surface area contributed by atoms with Gasteiger partial charge in [-0.3, -0.25) is 4.90 Å². The minimum atomic E-state index is -0.0354. The Hall–Kier alpha value is -0.120. The highest BCUT2D eigenvalue weighted by atomic mass is 16.5. The van der Waals surface area contributed by atoms with E-state index in [0.29, 0.717) is 0 Å². The maximum absolute atomic E-state index is 6.34. The largest absolute Gasteiger partial charge is 0.375 e. The molecule has 0 aromatic heterocycles. The molecule has 0 aromatic carbocycles. The van der Waals surface area contributed by atoms with Crippen molar-refractivity contribution in [3.8, 4) is 0 Å². The third-order valence-electron chi connectivity index (χ3n) is 5.52. The monoisotopic (exact) mass is 296 g/mol. The smallest absolute Gasteiger partial charge is 0.0644 e. The van der Waals surface area contributed by atoms with Crippen molar-refractivity contribution in [2.75, 3.05) is 19.7 Å². The maximum Gasteiger partial charge on any atom is 0.0644 e. The number of nitrogens with zero attached hydrogens (tertiary/aromatic N) is 1. The molecule has 3 nitrogen and oxygen atoms in total. The van der Waals surface area contributed by atoms with E-state index in [1.165, 1.54) is 38.6 Å². The van der Waals surface area contributed by atoms with Gasteiger partial charge in [-0.15, -0.1) is 0 Å². The van der Waals surface area contributed by atoms with Crippen LogP contribution in [0.4, 0.5) is 0 Å². The summed E-state index contributed by atoms with van der Waals surface area (Å²) in [6.45, 7) is 11.9. The van der Waals surface area contributed by atoms with Gasteiger partial charge in [-0.05, 0) is 58.4 Å². The third-order valence-corrected chi connectivity index (χ3v) is 5.52. The second kappa shape index (κ2) is 6.97. The van der Waals surface area contributed by atoms with Crippen LogP contribution in [0.1, 0.15) is 72.6 Å². The molecule has 2 N–H and O–H groups in total. The predicted molar refractivity (Wildman–Crippen MR) is 89.5 cm³/mol. The summed E-state index contributed by atoms with van der Waals surface area (Å²) < 4.78 is 5.98. The molecule has 0 spiro atoms. The molecule has 2 rings (SSSR count). The predicted octanol–water partition coefficient (Wildman–Crippen LogP) is 3.56. The summed E-state index contributed by atoms with van der Waals surface area (Å²) in [5, 5.41) is 0. The van der Waals surface area contributed by atoms with Gasteiger partial charge >= 0.3 is 0 Å². The molecular formula is C18H36N2O. The minimum absolute atomic E-state index is 0.0354. The summed E-state index contributed by atoms with van der Waals surface area (Å²) in [5.74, 6) is 0.761. The molecule has 2 aliphatic rings. The molecule has 1 unspecified atom stereocenters. The van der Waals surface area contributed by atoms with Crippen LogP contribution in [0.3, 0.4) is 0 Å². The lowest BCUT2D eigenvalue weighted by Crippen LogP contribution is -2.63. The van der Waals surface area contributed by atoms with Gasteiger partial charge in [-0.25, -0.2) is 0 Å². The first-order chi connectivity index (χ1) is 9.88. The number of hydrogen-bond donors (Lipinski definition) is 1. The zero-order valence-corrected chi connectivity index (χ0v) is 14.7. The number of ether oxygens (including phenoxy) is 1. The van der Waals surface area contributed by atoms with E-state index in [1.54, 1.807) is 0 Å². The van der Waals surface area contributed by atoms with Crippen LogP contribution in [0.25, 0.3) is 0 Å². The van der Waals surface area contributed by atoms with Gasteiger partial charge in [-0.2, -0.15) is 0 Å². The van der Waals surface area contributed by atoms with Gasteiger partial charge in [0.1, 0.15) is 0 Å². The van der Waals surface area contributed by atoms with E-state index < -0.39 is 0 Å². The van der Waals surface area contributed by atoms with E-state index in [1.807, 2.05) is 0 Å². The van der Waals surface area contributed by atoms with E-state index in [4.69, 9.17) is 10.5 Å². The fourth-order valence-corrected chi connectivity index (χ4v) is 4.41. The van der Waals surface area contributed by atoms with Crippen LogP contribution in [-0.4, -0.2) is 41.8 Å². The molecule has 1 saturated heterocycles. The molecule has 21 heavy (non-hydrogen) atoms. The molecule has 1 aliphatic heterocycles. The van der Waals surface area contributed by atoms with E-state index >= 15 is 0 Å². The van der Waals surface area contributed by atoms with E-state index in [2.05, 4.69) is 32.6 Å². The Morgan fingerprint density at radius 2 is 1.90 bits per heavy atom. The number of rotatable bonds is 6. The number of hydrogen-bond acceptors (Lipinski definition) is 3. The molecular weight excluding hydrogens is 260 g/mol. The highest BCUT2D eigenvalue weighted by Crippen LogP contribution is 2.40. The summed E-state index contributed by atoms with van der Waals surface area (Å²) in [6.07, 6.45) is 8.96. The van der Waals surface area contributed by atoms with Gasteiger partial charge in [0.2, 0.25) is 0 Å². The van der Waals surface area contributed by atoms with Crippen LogP contribution in [0, 0.1) is 5.92 Å². The van der Waals surface area contributed by atoms with Crippen molar-refractivity contribution in [2.45, 2.75) is 89.8 Å². The summed E-state index contributed by atoms with van der Waals surface area (Å²) in [7, 11) is 0. The number of nitrogens with two attached hydrogens (primary N) is 1. The quantitative estimate of drug-likeness (QED) is 0.814. The van der Waals surface area contributed by atoms with E-state index in [-0.39, 0.29) is 11.1 Å². The average molecular weight is 296 g/mol. The van der Waals surface area contributed by atoms with Gasteiger partial charge < -0.3 is 10.5 Å². The fraction of sp³-hybridized carbons (Fsp3) is 1.00. The Kier molecular flexibility index (Phi) is 5.72. The summed E-state index contributed by atoms with van der Waals surface area (Å²) in [5.41, 5.74) is 6.46. The third kappa shape index (κ3) is 4.20. The van der Waals surface area contributed by atoms with Crippen molar-refractivity contribution in [1.82, 2.24) is 4.90 Å². The highest BCUT2D eigenvalue weighted by Gasteiger charge is 2.46. The van der Waals surface area contributed by atoms with Crippen LogP contribution in [-0.2, 0) is 4.74 Å². The Balaban J connectivity index is 2.18. The van der Waals surface area contributed by atoms with Crippen molar-refractivity contribution < 1.29 is 4.74 Å². The zero-order valence-electron chi connectivity index (χ0n) is 14.7. The first-order valence-corrected chi connectivity index (χ1v) is 8.99. The normalized spacial score (nSPS) is 30.4. The Labute approximate surface area is 131 Å². The molecule has 3 heteroatoms. The Morgan fingerprint density at radius 3 is 2.43 bits per heavy atom. The first kappa shape index (κ1) is 17.2. The van der Waals surface area contributed by atoms with Crippen molar-refractivity contribution in [2.24, 2.45) is 11.7 Å². The molecule has 1 heterocycles. The van der Waals surface area contributed by atoms with Crippen LogP contribution < -0.4 is 5.73 Å². The molecule has 1 aliphatic carbocycles. The zero-order chi connectivity index (χ0) is 15.5. The van der Waals surface area contributed by atoms with Crippen molar-refractivity contribution in [3.05, 3.63) is 0 Å². The standard InChI is InChI=1S/C18H36N2O/c1-15(2)9-11-20(16-7-5-6-8-16)18(14-19)10-12-21-17(3,4)13-18/h15-16H,5-14,19H2,1-4H3. The first-order valence-electron chi connectivity index (χ1n) is 8.99. The summed E-state index contributed by atoms with van der Waals surface area (Å²) in [6, 6.07) is 0.751. The molecule has 2 fully saturated rings. The van der Waals surface area contributed by atoms with Crippen LogP contribution in [0.2, 0.25) is 0 Å². The lowest BCUT2D eigenvalue weighted by molar-refractivity contribution is -0.126. The highest BCUT2D eigenvalue weighted by molar-refractivity contribution is 5.02. The molecule has 0 radical (unpaired) electrons. The average Bonchev–Trinajstić information content (AvgIpc) is 2.91. The van der Waals surface area contributed by atoms with Crippen molar-refractivity contribution in [3.63, 3.8) is 0 Å². The maximum atomic E-state index is 6.34. The van der Waals surface area contributed by atoms with Crippen molar-refractivity contribution >= 4 is 0 Å². The van der Waals surface area contributed by atoms with E-state index in [9.17, 15) is 0 Å². The molecule has 1 saturated carbocycles. The molecule has 0 aromatic rings. The Bertz CT molecular complexity index is 323. The lowest BCUT2D eigenvalue weighted by atomic mass is 9.78. The molecule has 0 bridgehead atoms. The van der Waals surface area contributed by atoms with Crippen LogP contribution in [0.15, 0.2) is 0 Å². The molecule has 0 amide bonds. The van der Waals surface area contributed by atoms with Gasteiger partial charge in [0.15, 0.2) is 0 Å². The van der Waals surface area contributed by atoms with Crippen LogP contribution in [0.5, 0.6) is 0 Å². The summed E-state index contributed by atoms with van der Waals surface area (Å²) >= 11 is 0. The SMILES string of the molecule is CC(C)CCN(C1CCCC1)C1(CN)CCOC(C)(C)C1. The topological polar surface area (TPSA) is 38.5 Å². The second-order valence-electron chi connectivity index (χ2n) is 8.28. The fourth-order valence-electron chi connectivity index (χ4n) is 4.41. The van der Waals surface area contributed by atoms with Crippen LogP contribution >= 0.6 is 0 Å². The van der Waals surface area contributed by atoms with Crippen molar-refractivity contribution in [1.29, 1.82) is 0 Å². The van der Waals surface area contributed by atoms with Gasteiger partial charge in [0.25, 0.3) is 0 Å². The lowest BCUT2D eigenvalue weighted by Gasteiger charge is -2.53. The van der Waals surface area contributed by atoms with Gasteiger partial charge in [0.05, 0.1) is 5.60 Å². The summed E-state index contributed by atoms with van der Waals surface area (Å²) in [4.78, 5) is 2.81. The second-order valence-corrected chi connectivity index (χ2v) is 8.28. The molecule has 124 valence electrons. The minimum Gasteiger partial charge on any atom is -0.375 e. The van der Waals surface area contributed by atoms with Gasteiger partial charge in [-0.1, -0.05) is 26.7 Å². The van der Waals surface area contributed by atoms with Gasteiger partial charge in [0, 0.05) is 24.7 Å².